The van der Waals surface area contributed by atoms with E-state index in [1.165, 1.54) is 0 Å². The molecule has 1 aliphatic carbocycles. The normalized spacial score (nSPS) is 20.2. The first-order valence-corrected chi connectivity index (χ1v) is 9.09. The molecule has 3 rings (SSSR count). The van der Waals surface area contributed by atoms with Crippen LogP contribution in [0.2, 0.25) is 5.02 Å². The van der Waals surface area contributed by atoms with Crippen LogP contribution in [0, 0.1) is 0 Å². The van der Waals surface area contributed by atoms with Gasteiger partial charge in [-0.3, -0.25) is 14.4 Å². The molecule has 146 valence electrons. The fourth-order valence-electron chi connectivity index (χ4n) is 3.05. The average molecular weight is 395 g/mol. The summed E-state index contributed by atoms with van der Waals surface area (Å²) in [6.07, 6.45) is -3.12. The number of hydrogen-bond donors (Lipinski definition) is 1. The standard InChI is InChI=1S/C16H22ClF3N4O2/c1-10(15(25)21-4-5-23-6-8-26-9-7-23)24-13(11-2-3-11)12(17)14(22-24)16(18,19)20/h10-11H,2-9H2,1H3,(H,21,25). The largest absolute Gasteiger partial charge is 0.436 e. The van der Waals surface area contributed by atoms with E-state index in [9.17, 15) is 18.0 Å². The molecule has 2 aliphatic rings. The van der Waals surface area contributed by atoms with Gasteiger partial charge in [-0.25, -0.2) is 0 Å². The maximum absolute atomic E-state index is 13.1. The molecule has 0 bridgehead atoms. The molecular formula is C16H22ClF3N4O2. The molecule has 0 radical (unpaired) electrons. The van der Waals surface area contributed by atoms with Gasteiger partial charge in [0.05, 0.1) is 23.9 Å². The summed E-state index contributed by atoms with van der Waals surface area (Å²) in [7, 11) is 0. The number of nitrogens with one attached hydrogen (secondary N) is 1. The predicted octanol–water partition coefficient (Wildman–Crippen LogP) is 2.44. The van der Waals surface area contributed by atoms with Gasteiger partial charge in [0.25, 0.3) is 0 Å². The van der Waals surface area contributed by atoms with Crippen LogP contribution in [-0.2, 0) is 15.7 Å². The Hall–Kier alpha value is -1.32. The zero-order chi connectivity index (χ0) is 18.9. The molecule has 0 aromatic carbocycles. The van der Waals surface area contributed by atoms with E-state index in [2.05, 4.69) is 15.3 Å². The highest BCUT2D eigenvalue weighted by molar-refractivity contribution is 6.32. The van der Waals surface area contributed by atoms with Gasteiger partial charge in [0.1, 0.15) is 6.04 Å². The highest BCUT2D eigenvalue weighted by atomic mass is 35.5. The zero-order valence-electron chi connectivity index (χ0n) is 14.5. The number of ether oxygens (including phenoxy) is 1. The Kier molecular flexibility index (Phi) is 5.78. The van der Waals surface area contributed by atoms with Crippen molar-refractivity contribution in [3.63, 3.8) is 0 Å². The van der Waals surface area contributed by atoms with E-state index in [0.717, 1.165) is 30.6 Å². The molecular weight excluding hydrogens is 373 g/mol. The Balaban J connectivity index is 1.66. The summed E-state index contributed by atoms with van der Waals surface area (Å²) >= 11 is 5.95. The smallest absolute Gasteiger partial charge is 0.379 e. The Bertz CT molecular complexity index is 655. The van der Waals surface area contributed by atoms with Crippen molar-refractivity contribution < 1.29 is 22.7 Å². The minimum Gasteiger partial charge on any atom is -0.379 e. The maximum Gasteiger partial charge on any atom is 0.436 e. The summed E-state index contributed by atoms with van der Waals surface area (Å²) in [6.45, 7) is 5.58. The molecule has 0 spiro atoms. The van der Waals surface area contributed by atoms with Crippen molar-refractivity contribution in [2.75, 3.05) is 39.4 Å². The molecule has 26 heavy (non-hydrogen) atoms. The first-order chi connectivity index (χ1) is 12.3. The number of morpholine rings is 1. The van der Waals surface area contributed by atoms with Gasteiger partial charge in [-0.1, -0.05) is 11.6 Å². The SMILES string of the molecule is CC(C(=O)NCCN1CCOCC1)n1nc(C(F)(F)F)c(Cl)c1C1CC1. The van der Waals surface area contributed by atoms with Gasteiger partial charge in [0.2, 0.25) is 5.91 Å². The first kappa shape index (κ1) is 19.4. The van der Waals surface area contributed by atoms with Crippen LogP contribution in [0.1, 0.15) is 43.1 Å². The Morgan fingerprint density at radius 3 is 2.62 bits per heavy atom. The predicted molar refractivity (Wildman–Crippen MR) is 89.2 cm³/mol. The number of halogens is 4. The topological polar surface area (TPSA) is 59.4 Å². The van der Waals surface area contributed by atoms with Crippen LogP contribution in [0.5, 0.6) is 0 Å². The molecule has 1 atom stereocenters. The van der Waals surface area contributed by atoms with Gasteiger partial charge in [0, 0.05) is 32.1 Å². The molecule has 10 heteroatoms. The number of carbonyl (C=O) groups excluding carboxylic acids is 1. The second-order valence-electron chi connectivity index (χ2n) is 6.69. The van der Waals surface area contributed by atoms with Crippen LogP contribution < -0.4 is 5.32 Å². The fraction of sp³-hybridized carbons (Fsp3) is 0.750. The molecule has 1 aliphatic heterocycles. The second-order valence-corrected chi connectivity index (χ2v) is 7.06. The first-order valence-electron chi connectivity index (χ1n) is 8.72. The molecule has 2 fully saturated rings. The number of hydrogen-bond acceptors (Lipinski definition) is 4. The lowest BCUT2D eigenvalue weighted by Gasteiger charge is -2.26. The summed E-state index contributed by atoms with van der Waals surface area (Å²) in [5.74, 6) is -0.428. The summed E-state index contributed by atoms with van der Waals surface area (Å²) in [5, 5.41) is 6.03. The summed E-state index contributed by atoms with van der Waals surface area (Å²) in [4.78, 5) is 14.6. The summed E-state index contributed by atoms with van der Waals surface area (Å²) in [5.41, 5.74) is -0.802. The van der Waals surface area contributed by atoms with Crippen LogP contribution in [0.3, 0.4) is 0 Å². The van der Waals surface area contributed by atoms with E-state index < -0.39 is 17.9 Å². The third-order valence-corrected chi connectivity index (χ3v) is 5.07. The maximum atomic E-state index is 13.1. The second kappa shape index (κ2) is 7.74. The van der Waals surface area contributed by atoms with Crippen LogP contribution >= 0.6 is 11.6 Å². The van der Waals surface area contributed by atoms with E-state index in [4.69, 9.17) is 16.3 Å². The highest BCUT2D eigenvalue weighted by Crippen LogP contribution is 2.47. The average Bonchev–Trinajstić information content (AvgIpc) is 3.36. The molecule has 2 heterocycles. The van der Waals surface area contributed by atoms with Crippen LogP contribution in [0.15, 0.2) is 0 Å². The van der Waals surface area contributed by atoms with Gasteiger partial charge in [-0.15, -0.1) is 0 Å². The molecule has 1 saturated heterocycles. The van der Waals surface area contributed by atoms with Crippen molar-refractivity contribution in [2.24, 2.45) is 0 Å². The lowest BCUT2D eigenvalue weighted by atomic mass is 10.2. The van der Waals surface area contributed by atoms with E-state index in [1.807, 2.05) is 0 Å². The lowest BCUT2D eigenvalue weighted by molar-refractivity contribution is -0.141. The van der Waals surface area contributed by atoms with E-state index >= 15 is 0 Å². The Morgan fingerprint density at radius 2 is 2.04 bits per heavy atom. The van der Waals surface area contributed by atoms with Crippen molar-refractivity contribution >= 4 is 17.5 Å². The van der Waals surface area contributed by atoms with Crippen molar-refractivity contribution in [1.29, 1.82) is 0 Å². The molecule has 1 aromatic rings. The van der Waals surface area contributed by atoms with Gasteiger partial charge in [-0.2, -0.15) is 18.3 Å². The number of nitrogens with zero attached hydrogens (tertiary/aromatic N) is 3. The number of alkyl halides is 3. The van der Waals surface area contributed by atoms with E-state index in [1.54, 1.807) is 6.92 Å². The van der Waals surface area contributed by atoms with E-state index in [-0.39, 0.29) is 16.8 Å². The minimum absolute atomic E-state index is 0.0605. The molecule has 1 unspecified atom stereocenters. The zero-order valence-corrected chi connectivity index (χ0v) is 15.2. The molecule has 1 amide bonds. The van der Waals surface area contributed by atoms with Crippen LogP contribution in [0.25, 0.3) is 0 Å². The van der Waals surface area contributed by atoms with Crippen LogP contribution in [-0.4, -0.2) is 60.0 Å². The van der Waals surface area contributed by atoms with Crippen LogP contribution in [0.4, 0.5) is 13.2 Å². The van der Waals surface area contributed by atoms with Gasteiger partial charge < -0.3 is 10.1 Å². The summed E-state index contributed by atoms with van der Waals surface area (Å²) < 4.78 is 45.8. The quantitative estimate of drug-likeness (QED) is 0.805. The number of amides is 1. The highest BCUT2D eigenvalue weighted by Gasteiger charge is 2.43. The molecule has 1 aromatic heterocycles. The Labute approximate surface area is 154 Å². The molecule has 1 saturated carbocycles. The van der Waals surface area contributed by atoms with Gasteiger partial charge in [-0.05, 0) is 19.8 Å². The van der Waals surface area contributed by atoms with Crippen molar-refractivity contribution in [2.45, 2.75) is 37.9 Å². The molecule has 1 N–H and O–H groups in total. The third-order valence-electron chi connectivity index (χ3n) is 4.70. The lowest BCUT2D eigenvalue weighted by Crippen LogP contribution is -2.42. The number of rotatable bonds is 6. The number of carbonyl (C=O) groups is 1. The number of aromatic nitrogens is 2. The fourth-order valence-corrected chi connectivity index (χ4v) is 3.43. The molecule has 6 nitrogen and oxygen atoms in total. The van der Waals surface area contributed by atoms with Gasteiger partial charge in [0.15, 0.2) is 5.69 Å². The Morgan fingerprint density at radius 1 is 1.38 bits per heavy atom. The minimum atomic E-state index is -4.64. The third kappa shape index (κ3) is 4.32. The van der Waals surface area contributed by atoms with E-state index in [0.29, 0.717) is 32.0 Å². The van der Waals surface area contributed by atoms with Crippen molar-refractivity contribution in [3.8, 4) is 0 Å². The van der Waals surface area contributed by atoms with Gasteiger partial charge >= 0.3 is 6.18 Å². The monoisotopic (exact) mass is 394 g/mol. The van der Waals surface area contributed by atoms with Crippen molar-refractivity contribution in [1.82, 2.24) is 20.0 Å². The van der Waals surface area contributed by atoms with Crippen molar-refractivity contribution in [3.05, 3.63) is 16.4 Å². The summed E-state index contributed by atoms with van der Waals surface area (Å²) in [6, 6.07) is -0.858.